The molecule has 0 aliphatic rings. The Balaban J connectivity index is 0.00000117. The first-order chi connectivity index (χ1) is 12.5. The van der Waals surface area contributed by atoms with Crippen molar-refractivity contribution in [2.45, 2.75) is 34.1 Å². The smallest absolute Gasteiger partial charge is 0.240 e. The summed E-state index contributed by atoms with van der Waals surface area (Å²) in [4.78, 5) is 0. The maximum absolute atomic E-state index is 13.0. The van der Waals surface area contributed by atoms with Gasteiger partial charge in [-0.1, -0.05) is 49.7 Å². The van der Waals surface area contributed by atoms with Gasteiger partial charge in [0.2, 0.25) is 11.8 Å². The molecule has 0 radical (unpaired) electrons. The van der Waals surface area contributed by atoms with Gasteiger partial charge in [0.05, 0.1) is 11.4 Å². The maximum Gasteiger partial charge on any atom is 0.240 e. The van der Waals surface area contributed by atoms with Gasteiger partial charge in [-0.05, 0) is 54.3 Å². The van der Waals surface area contributed by atoms with Gasteiger partial charge in [-0.25, -0.2) is 4.39 Å². The Morgan fingerprint density at radius 2 is 1.77 bits per heavy atom. The van der Waals surface area contributed by atoms with E-state index in [-0.39, 0.29) is 5.82 Å². The minimum Gasteiger partial charge on any atom is -0.421 e. The summed E-state index contributed by atoms with van der Waals surface area (Å²) in [6.45, 7) is 8.16. The van der Waals surface area contributed by atoms with E-state index in [0.717, 1.165) is 5.56 Å². The molecule has 2 aromatic carbocycles. The lowest BCUT2D eigenvalue weighted by molar-refractivity contribution is 0.496. The molecule has 0 unspecified atom stereocenters. The van der Waals surface area contributed by atoms with E-state index in [0.29, 0.717) is 28.8 Å². The van der Waals surface area contributed by atoms with Crippen LogP contribution in [-0.2, 0) is 6.42 Å². The third kappa shape index (κ3) is 5.27. The predicted molar refractivity (Wildman–Crippen MR) is 105 cm³/mol. The fourth-order valence-electron chi connectivity index (χ4n) is 2.29. The van der Waals surface area contributed by atoms with Gasteiger partial charge in [0.15, 0.2) is 0 Å². The van der Waals surface area contributed by atoms with Crippen molar-refractivity contribution in [2.24, 2.45) is 0 Å². The average molecular weight is 373 g/mol. The zero-order chi connectivity index (χ0) is 19.1. The second kappa shape index (κ2) is 9.30. The van der Waals surface area contributed by atoms with Crippen LogP contribution in [0, 0.1) is 19.7 Å². The summed E-state index contributed by atoms with van der Waals surface area (Å²) >= 11 is 5.98. The lowest BCUT2D eigenvalue weighted by Gasteiger charge is -2.02. The number of nitrogens with zero attached hydrogens (tertiary/aromatic N) is 2. The Labute approximate surface area is 158 Å². The van der Waals surface area contributed by atoms with Gasteiger partial charge in [0.25, 0.3) is 0 Å². The van der Waals surface area contributed by atoms with E-state index in [1.54, 1.807) is 18.2 Å². The fourth-order valence-corrected chi connectivity index (χ4v) is 2.52. The van der Waals surface area contributed by atoms with E-state index in [2.05, 4.69) is 42.2 Å². The lowest BCUT2D eigenvalue weighted by atomic mass is 10.0. The average Bonchev–Trinajstić information content (AvgIpc) is 3.07. The van der Waals surface area contributed by atoms with Crippen LogP contribution in [0.4, 0.5) is 4.39 Å². The van der Waals surface area contributed by atoms with Crippen molar-refractivity contribution in [1.29, 1.82) is 0 Å². The summed E-state index contributed by atoms with van der Waals surface area (Å²) in [5.41, 5.74) is 4.30. The summed E-state index contributed by atoms with van der Waals surface area (Å²) in [7, 11) is 0. The number of halogens is 2. The minimum atomic E-state index is -0.370. The molecule has 0 saturated heterocycles. The number of aryl methyl sites for hydroxylation is 2. The highest BCUT2D eigenvalue weighted by Crippen LogP contribution is 2.20. The monoisotopic (exact) mass is 372 g/mol. The number of hydrogen-bond acceptors (Lipinski definition) is 3. The standard InChI is InChI=1S/C19H16ClFN2O.C2H6/c1-12-3-4-14(9-13(12)2)10-19-23-22-18(24-19)8-6-15-5-7-16(21)11-17(15)20;1-2/h3-9,11H,10H2,1-2H3;1-2H3/b8-6+;. The quantitative estimate of drug-likeness (QED) is 0.542. The summed E-state index contributed by atoms with van der Waals surface area (Å²) in [6, 6.07) is 10.5. The molecule has 0 saturated carbocycles. The second-order valence-corrected chi connectivity index (χ2v) is 6.04. The Hall–Kier alpha value is -2.46. The van der Waals surface area contributed by atoms with Gasteiger partial charge in [-0.15, -0.1) is 10.2 Å². The van der Waals surface area contributed by atoms with Crippen LogP contribution < -0.4 is 0 Å². The van der Waals surface area contributed by atoms with Crippen molar-refractivity contribution in [3.05, 3.63) is 81.3 Å². The highest BCUT2D eigenvalue weighted by Gasteiger charge is 2.06. The van der Waals surface area contributed by atoms with Gasteiger partial charge in [-0.3, -0.25) is 0 Å². The second-order valence-electron chi connectivity index (χ2n) is 5.63. The Kier molecular flexibility index (Phi) is 7.10. The number of hydrogen-bond donors (Lipinski definition) is 0. The van der Waals surface area contributed by atoms with Crippen molar-refractivity contribution in [2.75, 3.05) is 0 Å². The molecule has 1 heterocycles. The van der Waals surface area contributed by atoms with Crippen LogP contribution in [0.2, 0.25) is 5.02 Å². The number of aromatic nitrogens is 2. The molecule has 0 aliphatic heterocycles. The first-order valence-corrected chi connectivity index (χ1v) is 8.91. The highest BCUT2D eigenvalue weighted by atomic mass is 35.5. The van der Waals surface area contributed by atoms with Crippen LogP contribution in [0.25, 0.3) is 12.2 Å². The molecule has 5 heteroatoms. The Morgan fingerprint density at radius 1 is 1.00 bits per heavy atom. The maximum atomic E-state index is 13.0. The summed E-state index contributed by atoms with van der Waals surface area (Å²) in [6.07, 6.45) is 3.96. The molecule has 0 N–H and O–H groups in total. The molecule has 0 spiro atoms. The van der Waals surface area contributed by atoms with Crippen LogP contribution in [0.3, 0.4) is 0 Å². The van der Waals surface area contributed by atoms with Crippen LogP contribution in [0.5, 0.6) is 0 Å². The van der Waals surface area contributed by atoms with Crippen molar-refractivity contribution in [3.63, 3.8) is 0 Å². The van der Waals surface area contributed by atoms with E-state index >= 15 is 0 Å². The molecular formula is C21H22ClFN2O. The molecular weight excluding hydrogens is 351 g/mol. The van der Waals surface area contributed by atoms with Crippen LogP contribution in [0.1, 0.15) is 47.9 Å². The van der Waals surface area contributed by atoms with Crippen molar-refractivity contribution < 1.29 is 8.81 Å². The van der Waals surface area contributed by atoms with Gasteiger partial charge < -0.3 is 4.42 Å². The Morgan fingerprint density at radius 3 is 2.46 bits per heavy atom. The predicted octanol–water partition coefficient (Wildman–Crippen LogP) is 6.27. The minimum absolute atomic E-state index is 0.334. The molecule has 0 amide bonds. The third-order valence-electron chi connectivity index (χ3n) is 3.78. The molecule has 0 bridgehead atoms. The molecule has 0 fully saturated rings. The topological polar surface area (TPSA) is 38.9 Å². The first kappa shape index (κ1) is 19.9. The highest BCUT2D eigenvalue weighted by molar-refractivity contribution is 6.32. The summed E-state index contributed by atoms with van der Waals surface area (Å²) in [5.74, 6) is 0.558. The van der Waals surface area contributed by atoms with Crippen LogP contribution >= 0.6 is 11.6 Å². The van der Waals surface area contributed by atoms with E-state index in [1.165, 1.54) is 23.3 Å². The first-order valence-electron chi connectivity index (χ1n) is 8.53. The normalized spacial score (nSPS) is 10.7. The molecule has 0 atom stereocenters. The van der Waals surface area contributed by atoms with E-state index < -0.39 is 0 Å². The van der Waals surface area contributed by atoms with E-state index in [4.69, 9.17) is 16.0 Å². The molecule has 3 nitrogen and oxygen atoms in total. The SMILES string of the molecule is CC.Cc1ccc(Cc2nnc(/C=C/c3ccc(F)cc3Cl)o2)cc1C. The number of benzene rings is 2. The van der Waals surface area contributed by atoms with Gasteiger partial charge in [-0.2, -0.15) is 0 Å². The van der Waals surface area contributed by atoms with Crippen molar-refractivity contribution >= 4 is 23.8 Å². The molecule has 3 aromatic rings. The van der Waals surface area contributed by atoms with Gasteiger partial charge in [0, 0.05) is 6.08 Å². The van der Waals surface area contributed by atoms with Gasteiger partial charge >= 0.3 is 0 Å². The Bertz CT molecular complexity index is 903. The fraction of sp³-hybridized carbons (Fsp3) is 0.238. The summed E-state index contributed by atoms with van der Waals surface area (Å²) in [5, 5.41) is 8.38. The molecule has 26 heavy (non-hydrogen) atoms. The lowest BCUT2D eigenvalue weighted by Crippen LogP contribution is -1.90. The molecule has 0 aliphatic carbocycles. The number of rotatable bonds is 4. The molecule has 1 aromatic heterocycles. The molecule has 3 rings (SSSR count). The van der Waals surface area contributed by atoms with E-state index in [1.807, 2.05) is 13.8 Å². The van der Waals surface area contributed by atoms with Crippen LogP contribution in [-0.4, -0.2) is 10.2 Å². The van der Waals surface area contributed by atoms with E-state index in [9.17, 15) is 4.39 Å². The summed E-state index contributed by atoms with van der Waals surface area (Å²) < 4.78 is 18.6. The van der Waals surface area contributed by atoms with Crippen molar-refractivity contribution in [1.82, 2.24) is 10.2 Å². The van der Waals surface area contributed by atoms with Gasteiger partial charge in [0.1, 0.15) is 5.82 Å². The zero-order valence-corrected chi connectivity index (χ0v) is 16.1. The van der Waals surface area contributed by atoms with Crippen molar-refractivity contribution in [3.8, 4) is 0 Å². The van der Waals surface area contributed by atoms with Crippen LogP contribution in [0.15, 0.2) is 40.8 Å². The molecule has 136 valence electrons. The largest absolute Gasteiger partial charge is 0.421 e. The third-order valence-corrected chi connectivity index (χ3v) is 4.10. The zero-order valence-electron chi connectivity index (χ0n) is 15.4.